The highest BCUT2D eigenvalue weighted by Gasteiger charge is 2.27. The fourth-order valence-corrected chi connectivity index (χ4v) is 4.39. The van der Waals surface area contributed by atoms with E-state index in [2.05, 4.69) is 10.3 Å². The third-order valence-corrected chi connectivity index (χ3v) is 5.89. The van der Waals surface area contributed by atoms with Gasteiger partial charge in [-0.3, -0.25) is 14.9 Å². The Morgan fingerprint density at radius 2 is 2.07 bits per heavy atom. The Kier molecular flexibility index (Phi) is 4.44. The van der Waals surface area contributed by atoms with Crippen molar-refractivity contribution in [1.82, 2.24) is 9.88 Å². The Balaban J connectivity index is 1.36. The van der Waals surface area contributed by atoms with E-state index >= 15 is 0 Å². The van der Waals surface area contributed by atoms with Crippen LogP contribution in [0.2, 0.25) is 0 Å². The minimum atomic E-state index is -0.651. The molecule has 0 spiro atoms. The van der Waals surface area contributed by atoms with E-state index in [0.29, 0.717) is 41.2 Å². The van der Waals surface area contributed by atoms with E-state index in [9.17, 15) is 14.4 Å². The molecule has 1 aliphatic rings. The van der Waals surface area contributed by atoms with Crippen LogP contribution in [0, 0.1) is 0 Å². The molecule has 0 unspecified atom stereocenters. The zero-order valence-corrected chi connectivity index (χ0v) is 16.4. The van der Waals surface area contributed by atoms with Crippen LogP contribution < -0.4 is 10.9 Å². The Hall–Kier alpha value is -3.72. The summed E-state index contributed by atoms with van der Waals surface area (Å²) in [7, 11) is 0. The van der Waals surface area contributed by atoms with Crippen LogP contribution in [0.4, 0.5) is 5.13 Å². The van der Waals surface area contributed by atoms with E-state index in [1.807, 2.05) is 6.07 Å². The van der Waals surface area contributed by atoms with Gasteiger partial charge < -0.3 is 13.7 Å². The third kappa shape index (κ3) is 3.29. The molecule has 0 atom stereocenters. The highest BCUT2D eigenvalue weighted by atomic mass is 32.1. The molecule has 5 rings (SSSR count). The van der Waals surface area contributed by atoms with Crippen LogP contribution in [0.25, 0.3) is 11.0 Å². The second-order valence-electron chi connectivity index (χ2n) is 6.82. The molecule has 0 saturated carbocycles. The minimum Gasteiger partial charge on any atom is -0.472 e. The predicted octanol–water partition coefficient (Wildman–Crippen LogP) is 3.29. The molecule has 9 heteroatoms. The molecule has 8 nitrogen and oxygen atoms in total. The van der Waals surface area contributed by atoms with Crippen molar-refractivity contribution in [2.24, 2.45) is 0 Å². The quantitative estimate of drug-likeness (QED) is 0.509. The van der Waals surface area contributed by atoms with E-state index in [-0.39, 0.29) is 17.4 Å². The second-order valence-corrected chi connectivity index (χ2v) is 7.90. The number of para-hydroxylation sites is 1. The zero-order chi connectivity index (χ0) is 20.7. The molecule has 0 radical (unpaired) electrons. The predicted molar refractivity (Wildman–Crippen MR) is 110 cm³/mol. The lowest BCUT2D eigenvalue weighted by atomic mass is 10.1. The van der Waals surface area contributed by atoms with Gasteiger partial charge in [-0.15, -0.1) is 0 Å². The first-order valence-electron chi connectivity index (χ1n) is 9.23. The molecule has 4 aromatic rings. The number of carbonyl (C=O) groups excluding carboxylic acids is 2. The summed E-state index contributed by atoms with van der Waals surface area (Å²) < 4.78 is 10.2. The lowest BCUT2D eigenvalue weighted by Gasteiger charge is -2.25. The molecule has 0 fully saturated rings. The first-order chi connectivity index (χ1) is 14.6. The Labute approximate surface area is 173 Å². The van der Waals surface area contributed by atoms with Crippen molar-refractivity contribution in [3.05, 3.63) is 81.0 Å². The maximum absolute atomic E-state index is 13.0. The van der Waals surface area contributed by atoms with Gasteiger partial charge in [0.15, 0.2) is 5.13 Å². The van der Waals surface area contributed by atoms with Gasteiger partial charge >= 0.3 is 5.63 Å². The van der Waals surface area contributed by atoms with Crippen LogP contribution in [0.5, 0.6) is 0 Å². The van der Waals surface area contributed by atoms with Crippen molar-refractivity contribution in [2.45, 2.75) is 13.0 Å². The molecule has 1 N–H and O–H groups in total. The van der Waals surface area contributed by atoms with E-state index in [4.69, 9.17) is 8.83 Å². The smallest absolute Gasteiger partial charge is 0.349 e. The molecule has 150 valence electrons. The van der Waals surface area contributed by atoms with Gasteiger partial charge in [-0.05, 0) is 18.2 Å². The van der Waals surface area contributed by atoms with Crippen LogP contribution in [-0.2, 0) is 13.0 Å². The number of amides is 2. The molecule has 0 aliphatic carbocycles. The number of nitrogens with one attached hydrogen (secondary N) is 1. The summed E-state index contributed by atoms with van der Waals surface area (Å²) in [6, 6.07) is 10.2. The largest absolute Gasteiger partial charge is 0.472 e. The van der Waals surface area contributed by atoms with Crippen molar-refractivity contribution < 1.29 is 18.4 Å². The fourth-order valence-electron chi connectivity index (χ4n) is 3.37. The number of anilines is 1. The molecule has 30 heavy (non-hydrogen) atoms. The van der Waals surface area contributed by atoms with Gasteiger partial charge in [0.25, 0.3) is 11.8 Å². The lowest BCUT2D eigenvalue weighted by Crippen LogP contribution is -2.37. The Bertz CT molecular complexity index is 1320. The molecule has 0 saturated heterocycles. The van der Waals surface area contributed by atoms with Gasteiger partial charge in [0.2, 0.25) is 0 Å². The number of fused-ring (bicyclic) bond motifs is 2. The summed E-state index contributed by atoms with van der Waals surface area (Å²) in [6.07, 6.45) is 3.32. The normalized spacial score (nSPS) is 13.3. The average molecular weight is 421 g/mol. The molecule has 1 aliphatic heterocycles. The van der Waals surface area contributed by atoms with Crippen LogP contribution in [-0.4, -0.2) is 28.2 Å². The minimum absolute atomic E-state index is 0.00940. The van der Waals surface area contributed by atoms with E-state index in [1.54, 1.807) is 35.2 Å². The van der Waals surface area contributed by atoms with Crippen LogP contribution >= 0.6 is 11.3 Å². The summed E-state index contributed by atoms with van der Waals surface area (Å²) >= 11 is 1.31. The Morgan fingerprint density at radius 3 is 2.90 bits per heavy atom. The zero-order valence-electron chi connectivity index (χ0n) is 15.6. The van der Waals surface area contributed by atoms with Gasteiger partial charge in [0, 0.05) is 23.2 Å². The molecular weight excluding hydrogens is 406 g/mol. The van der Waals surface area contributed by atoms with E-state index in [1.165, 1.54) is 23.9 Å². The molecule has 3 aromatic heterocycles. The summed E-state index contributed by atoms with van der Waals surface area (Å²) in [5, 5.41) is 3.90. The topological polar surface area (TPSA) is 106 Å². The van der Waals surface area contributed by atoms with Gasteiger partial charge in [0.05, 0.1) is 24.1 Å². The van der Waals surface area contributed by atoms with Crippen molar-refractivity contribution in [1.29, 1.82) is 0 Å². The molecule has 1 aromatic carbocycles. The van der Waals surface area contributed by atoms with Crippen molar-refractivity contribution >= 4 is 39.3 Å². The maximum atomic E-state index is 13.0. The fraction of sp³-hybridized carbons (Fsp3) is 0.143. The first kappa shape index (κ1) is 18.3. The average Bonchev–Trinajstić information content (AvgIpc) is 3.41. The number of furan rings is 1. The number of thiazole rings is 1. The highest BCUT2D eigenvalue weighted by Crippen LogP contribution is 2.29. The number of rotatable bonds is 3. The number of benzene rings is 1. The number of aromatic nitrogens is 1. The molecular formula is C21H15N3O5S. The van der Waals surface area contributed by atoms with Crippen LogP contribution in [0.3, 0.4) is 0 Å². The SMILES string of the molecule is O=C(Nc1nc2c(s1)CN(C(=O)c1cc3ccccc3oc1=O)CC2)c1ccoc1. The van der Waals surface area contributed by atoms with Gasteiger partial charge in [-0.2, -0.15) is 0 Å². The Morgan fingerprint density at radius 1 is 1.20 bits per heavy atom. The standard InChI is InChI=1S/C21H15N3O5S/c25-18(13-6-8-28-11-13)23-21-22-15-5-7-24(10-17(15)30-21)19(26)14-9-12-3-1-2-4-16(12)29-20(14)27/h1-4,6,8-9,11H,5,7,10H2,(H,22,23,25). The molecule has 4 heterocycles. The number of carbonyl (C=O) groups is 2. The summed E-state index contributed by atoms with van der Waals surface area (Å²) in [4.78, 5) is 44.4. The summed E-state index contributed by atoms with van der Waals surface area (Å²) in [5.41, 5.74) is 1.05. The number of nitrogens with zero attached hydrogens (tertiary/aromatic N) is 2. The number of hydrogen-bond donors (Lipinski definition) is 1. The van der Waals surface area contributed by atoms with Crippen molar-refractivity contribution in [2.75, 3.05) is 11.9 Å². The third-order valence-electron chi connectivity index (χ3n) is 4.89. The van der Waals surface area contributed by atoms with E-state index < -0.39 is 5.63 Å². The van der Waals surface area contributed by atoms with Crippen LogP contribution in [0.15, 0.2) is 62.6 Å². The second kappa shape index (κ2) is 7.27. The van der Waals surface area contributed by atoms with Crippen LogP contribution in [0.1, 0.15) is 31.3 Å². The van der Waals surface area contributed by atoms with E-state index in [0.717, 1.165) is 10.6 Å². The van der Waals surface area contributed by atoms with Gasteiger partial charge in [-0.1, -0.05) is 29.5 Å². The summed E-state index contributed by atoms with van der Waals surface area (Å²) in [6.45, 7) is 0.747. The van der Waals surface area contributed by atoms with Gasteiger partial charge in [-0.25, -0.2) is 9.78 Å². The first-order valence-corrected chi connectivity index (χ1v) is 10.0. The highest BCUT2D eigenvalue weighted by molar-refractivity contribution is 7.15. The monoisotopic (exact) mass is 421 g/mol. The lowest BCUT2D eigenvalue weighted by molar-refractivity contribution is 0.0732. The summed E-state index contributed by atoms with van der Waals surface area (Å²) in [5.74, 6) is -0.686. The van der Waals surface area contributed by atoms with Crippen molar-refractivity contribution in [3.8, 4) is 0 Å². The molecule has 0 bridgehead atoms. The molecule has 2 amide bonds. The van der Waals surface area contributed by atoms with Gasteiger partial charge in [0.1, 0.15) is 17.4 Å². The maximum Gasteiger partial charge on any atom is 0.349 e. The number of hydrogen-bond acceptors (Lipinski definition) is 7. The van der Waals surface area contributed by atoms with Crippen molar-refractivity contribution in [3.63, 3.8) is 0 Å².